The lowest BCUT2D eigenvalue weighted by Crippen LogP contribution is -2.34. The van der Waals surface area contributed by atoms with Crippen molar-refractivity contribution >= 4 is 5.69 Å². The highest BCUT2D eigenvalue weighted by atomic mass is 15.1. The van der Waals surface area contributed by atoms with E-state index in [2.05, 4.69) is 35.1 Å². The van der Waals surface area contributed by atoms with Crippen molar-refractivity contribution in [3.63, 3.8) is 0 Å². The summed E-state index contributed by atoms with van der Waals surface area (Å²) in [6.07, 6.45) is 4.56. The highest BCUT2D eigenvalue weighted by molar-refractivity contribution is 5.42. The molecule has 0 amide bonds. The highest BCUT2D eigenvalue weighted by Crippen LogP contribution is 2.25. The first-order valence-electron chi connectivity index (χ1n) is 7.04. The van der Waals surface area contributed by atoms with Crippen molar-refractivity contribution in [2.45, 2.75) is 33.2 Å². The Kier molecular flexibility index (Phi) is 4.59. The van der Waals surface area contributed by atoms with E-state index in [-0.39, 0.29) is 0 Å². The van der Waals surface area contributed by atoms with E-state index >= 15 is 0 Å². The molecular formula is C15H25N3. The minimum atomic E-state index is 0.831. The van der Waals surface area contributed by atoms with Crippen LogP contribution < -0.4 is 5.32 Å². The van der Waals surface area contributed by atoms with Crippen molar-refractivity contribution in [3.05, 3.63) is 24.0 Å². The molecule has 1 aromatic rings. The number of nitrogens with zero attached hydrogens (tertiary/aromatic N) is 2. The SMILES string of the molecule is CNc1ccnc(CN2CCC(C(C)C)CC2)c1. The molecule has 18 heavy (non-hydrogen) atoms. The van der Waals surface area contributed by atoms with Crippen LogP contribution in [0.5, 0.6) is 0 Å². The topological polar surface area (TPSA) is 28.2 Å². The van der Waals surface area contributed by atoms with Gasteiger partial charge in [0.15, 0.2) is 0 Å². The quantitative estimate of drug-likeness (QED) is 0.886. The van der Waals surface area contributed by atoms with Gasteiger partial charge in [-0.2, -0.15) is 0 Å². The van der Waals surface area contributed by atoms with Crippen LogP contribution in [0.1, 0.15) is 32.4 Å². The van der Waals surface area contributed by atoms with Gasteiger partial charge in [-0.25, -0.2) is 0 Å². The van der Waals surface area contributed by atoms with Crippen molar-refractivity contribution in [1.29, 1.82) is 0 Å². The Balaban J connectivity index is 1.87. The van der Waals surface area contributed by atoms with Crippen LogP contribution >= 0.6 is 0 Å². The molecule has 1 aliphatic rings. The molecule has 1 aromatic heterocycles. The fourth-order valence-electron chi connectivity index (χ4n) is 2.73. The Labute approximate surface area is 111 Å². The molecule has 0 atom stereocenters. The smallest absolute Gasteiger partial charge is 0.0564 e. The summed E-state index contributed by atoms with van der Waals surface area (Å²) in [5, 5.41) is 3.17. The van der Waals surface area contributed by atoms with E-state index in [0.717, 1.165) is 24.1 Å². The lowest BCUT2D eigenvalue weighted by atomic mass is 9.87. The molecule has 0 saturated carbocycles. The lowest BCUT2D eigenvalue weighted by Gasteiger charge is -2.33. The summed E-state index contributed by atoms with van der Waals surface area (Å²) in [6.45, 7) is 8.11. The largest absolute Gasteiger partial charge is 0.388 e. The Hall–Kier alpha value is -1.09. The number of aromatic nitrogens is 1. The molecule has 0 aliphatic carbocycles. The Morgan fingerprint density at radius 1 is 1.39 bits per heavy atom. The Morgan fingerprint density at radius 2 is 2.11 bits per heavy atom. The third-order valence-electron chi connectivity index (χ3n) is 4.07. The Morgan fingerprint density at radius 3 is 2.72 bits per heavy atom. The zero-order valence-electron chi connectivity index (χ0n) is 11.8. The molecule has 0 radical (unpaired) electrons. The van der Waals surface area contributed by atoms with Gasteiger partial charge in [0.1, 0.15) is 0 Å². The first-order chi connectivity index (χ1) is 8.69. The number of anilines is 1. The molecule has 1 aliphatic heterocycles. The minimum Gasteiger partial charge on any atom is -0.388 e. The maximum atomic E-state index is 4.45. The van der Waals surface area contributed by atoms with Crippen LogP contribution in [0.4, 0.5) is 5.69 Å². The van der Waals surface area contributed by atoms with Crippen LogP contribution in [0.15, 0.2) is 18.3 Å². The maximum Gasteiger partial charge on any atom is 0.0564 e. The molecule has 100 valence electrons. The maximum absolute atomic E-state index is 4.45. The summed E-state index contributed by atoms with van der Waals surface area (Å²) in [5.74, 6) is 1.75. The van der Waals surface area contributed by atoms with Gasteiger partial charge in [-0.1, -0.05) is 13.8 Å². The van der Waals surface area contributed by atoms with Gasteiger partial charge in [0.2, 0.25) is 0 Å². The van der Waals surface area contributed by atoms with Crippen LogP contribution in [0, 0.1) is 11.8 Å². The van der Waals surface area contributed by atoms with Crippen LogP contribution in [-0.2, 0) is 6.54 Å². The highest BCUT2D eigenvalue weighted by Gasteiger charge is 2.21. The molecular weight excluding hydrogens is 222 g/mol. The second kappa shape index (κ2) is 6.19. The van der Waals surface area contributed by atoms with E-state index in [9.17, 15) is 0 Å². The summed E-state index contributed by atoms with van der Waals surface area (Å²) in [5.41, 5.74) is 2.32. The summed E-state index contributed by atoms with van der Waals surface area (Å²) in [7, 11) is 1.95. The number of likely N-dealkylation sites (tertiary alicyclic amines) is 1. The summed E-state index contributed by atoms with van der Waals surface area (Å²) in [6, 6.07) is 4.16. The number of hydrogen-bond donors (Lipinski definition) is 1. The minimum absolute atomic E-state index is 0.831. The number of nitrogens with one attached hydrogen (secondary N) is 1. The van der Waals surface area contributed by atoms with Crippen LogP contribution in [0.2, 0.25) is 0 Å². The molecule has 3 nitrogen and oxygen atoms in total. The molecule has 0 unspecified atom stereocenters. The summed E-state index contributed by atoms with van der Waals surface area (Å²) in [4.78, 5) is 6.98. The van der Waals surface area contributed by atoms with E-state index in [0.29, 0.717) is 0 Å². The van der Waals surface area contributed by atoms with Crippen molar-refractivity contribution in [2.24, 2.45) is 11.8 Å². The van der Waals surface area contributed by atoms with Gasteiger partial charge in [-0.05, 0) is 49.9 Å². The van der Waals surface area contributed by atoms with E-state index < -0.39 is 0 Å². The van der Waals surface area contributed by atoms with E-state index in [1.54, 1.807) is 0 Å². The van der Waals surface area contributed by atoms with Gasteiger partial charge in [0.05, 0.1) is 5.69 Å². The fourth-order valence-corrected chi connectivity index (χ4v) is 2.73. The fraction of sp³-hybridized carbons (Fsp3) is 0.667. The third-order valence-corrected chi connectivity index (χ3v) is 4.07. The number of rotatable bonds is 4. The molecule has 0 aromatic carbocycles. The summed E-state index contributed by atoms with van der Waals surface area (Å²) < 4.78 is 0. The second-order valence-corrected chi connectivity index (χ2v) is 5.64. The van der Waals surface area contributed by atoms with E-state index in [4.69, 9.17) is 0 Å². The number of hydrogen-bond acceptors (Lipinski definition) is 3. The van der Waals surface area contributed by atoms with Gasteiger partial charge in [0.25, 0.3) is 0 Å². The number of piperidine rings is 1. The number of pyridine rings is 1. The Bertz CT molecular complexity index is 368. The van der Waals surface area contributed by atoms with Crippen LogP contribution in [0.3, 0.4) is 0 Å². The van der Waals surface area contributed by atoms with Crippen molar-refractivity contribution in [3.8, 4) is 0 Å². The van der Waals surface area contributed by atoms with Crippen molar-refractivity contribution in [1.82, 2.24) is 9.88 Å². The van der Waals surface area contributed by atoms with E-state index in [1.165, 1.54) is 31.6 Å². The second-order valence-electron chi connectivity index (χ2n) is 5.64. The molecule has 0 bridgehead atoms. The van der Waals surface area contributed by atoms with Crippen LogP contribution in [-0.4, -0.2) is 30.0 Å². The lowest BCUT2D eigenvalue weighted by molar-refractivity contribution is 0.150. The predicted octanol–water partition coefficient (Wildman–Crippen LogP) is 2.99. The molecule has 2 heterocycles. The average Bonchev–Trinajstić information content (AvgIpc) is 2.39. The van der Waals surface area contributed by atoms with Gasteiger partial charge >= 0.3 is 0 Å². The monoisotopic (exact) mass is 247 g/mol. The standard InChI is InChI=1S/C15H25N3/c1-12(2)13-5-8-18(9-6-13)11-15-10-14(16-3)4-7-17-15/h4,7,10,12-13H,5-6,8-9,11H2,1-3H3,(H,16,17). The van der Waals surface area contributed by atoms with Gasteiger partial charge in [-0.15, -0.1) is 0 Å². The van der Waals surface area contributed by atoms with Crippen LogP contribution in [0.25, 0.3) is 0 Å². The van der Waals surface area contributed by atoms with Gasteiger partial charge in [-0.3, -0.25) is 9.88 Å². The molecule has 3 heteroatoms. The zero-order chi connectivity index (χ0) is 13.0. The molecule has 1 N–H and O–H groups in total. The zero-order valence-corrected chi connectivity index (χ0v) is 11.8. The van der Waals surface area contributed by atoms with E-state index in [1.807, 2.05) is 19.3 Å². The molecule has 1 saturated heterocycles. The first kappa shape index (κ1) is 13.3. The average molecular weight is 247 g/mol. The van der Waals surface area contributed by atoms with Crippen molar-refractivity contribution in [2.75, 3.05) is 25.5 Å². The molecule has 2 rings (SSSR count). The van der Waals surface area contributed by atoms with Gasteiger partial charge < -0.3 is 5.32 Å². The predicted molar refractivity (Wildman–Crippen MR) is 76.6 cm³/mol. The first-order valence-corrected chi connectivity index (χ1v) is 7.04. The molecule has 1 fully saturated rings. The molecule has 0 spiro atoms. The normalized spacial score (nSPS) is 18.2. The van der Waals surface area contributed by atoms with Crippen molar-refractivity contribution < 1.29 is 0 Å². The summed E-state index contributed by atoms with van der Waals surface area (Å²) >= 11 is 0. The van der Waals surface area contributed by atoms with Gasteiger partial charge in [0, 0.05) is 25.5 Å². The third kappa shape index (κ3) is 3.45.